The van der Waals surface area contributed by atoms with Crippen molar-refractivity contribution in [2.45, 2.75) is 51.9 Å². The fourth-order valence-corrected chi connectivity index (χ4v) is 3.48. The molecule has 1 aliphatic rings. The molecular weight excluding hydrogens is 300 g/mol. The van der Waals surface area contributed by atoms with Gasteiger partial charge in [-0.3, -0.25) is 9.97 Å². The summed E-state index contributed by atoms with van der Waals surface area (Å²) in [6.45, 7) is 4.12. The van der Waals surface area contributed by atoms with Crippen molar-refractivity contribution in [3.8, 4) is 0 Å². The Labute approximate surface area is 143 Å². The summed E-state index contributed by atoms with van der Waals surface area (Å²) in [4.78, 5) is 21.2. The number of carbonyl (C=O) groups is 1. The maximum Gasteiger partial charge on any atom is 0.339 e. The second kappa shape index (κ2) is 7.56. The molecule has 1 atom stereocenters. The average Bonchev–Trinajstić information content (AvgIpc) is 2.77. The Balaban J connectivity index is 1.94. The molecule has 0 N–H and O–H groups in total. The van der Waals surface area contributed by atoms with Crippen LogP contribution in [0.15, 0.2) is 30.6 Å². The second-order valence-corrected chi connectivity index (χ2v) is 6.39. The highest BCUT2D eigenvalue weighted by Gasteiger charge is 2.24. The zero-order chi connectivity index (χ0) is 16.9. The van der Waals surface area contributed by atoms with Crippen molar-refractivity contribution < 1.29 is 9.53 Å². The number of rotatable bonds is 4. The van der Waals surface area contributed by atoms with Gasteiger partial charge in [0, 0.05) is 24.0 Å². The second-order valence-electron chi connectivity index (χ2n) is 6.39. The summed E-state index contributed by atoms with van der Waals surface area (Å²) in [5, 5.41) is 0. The minimum atomic E-state index is -0.265. The number of aryl methyl sites for hydroxylation is 2. The number of nitrogens with zero attached hydrogens (tertiary/aromatic N) is 2. The number of carbonyl (C=O) groups excluding carboxylic acids is 1. The number of aromatic nitrogens is 2. The standard InChI is InChI=1S/C20H24N2O2/c1-3-24-20(23)18-12-17-9-5-4-8-16(19(17)22-14(18)2)11-15-7-6-10-21-13-15/h6-7,10,12-13,16H,3-5,8-9,11H2,1-2H3. The Kier molecular flexibility index (Phi) is 5.24. The van der Waals surface area contributed by atoms with Gasteiger partial charge >= 0.3 is 5.97 Å². The van der Waals surface area contributed by atoms with Gasteiger partial charge in [0.15, 0.2) is 0 Å². The van der Waals surface area contributed by atoms with E-state index in [9.17, 15) is 4.79 Å². The Hall–Kier alpha value is -2.23. The molecule has 4 heteroatoms. The molecule has 0 saturated carbocycles. The maximum absolute atomic E-state index is 12.1. The summed E-state index contributed by atoms with van der Waals surface area (Å²) in [6.07, 6.45) is 9.14. The first-order valence-electron chi connectivity index (χ1n) is 8.75. The molecule has 0 spiro atoms. The van der Waals surface area contributed by atoms with E-state index in [0.29, 0.717) is 18.1 Å². The van der Waals surface area contributed by atoms with Crippen molar-refractivity contribution in [2.24, 2.45) is 0 Å². The van der Waals surface area contributed by atoms with Crippen LogP contribution in [0, 0.1) is 6.92 Å². The van der Waals surface area contributed by atoms with Gasteiger partial charge in [0.2, 0.25) is 0 Å². The first kappa shape index (κ1) is 16.6. The van der Waals surface area contributed by atoms with E-state index in [1.807, 2.05) is 32.2 Å². The average molecular weight is 324 g/mol. The third kappa shape index (κ3) is 3.64. The lowest BCUT2D eigenvalue weighted by Gasteiger charge is -2.18. The molecule has 2 aromatic rings. The minimum Gasteiger partial charge on any atom is -0.462 e. The number of hydrogen-bond acceptors (Lipinski definition) is 4. The molecule has 2 heterocycles. The lowest BCUT2D eigenvalue weighted by molar-refractivity contribution is 0.0524. The van der Waals surface area contributed by atoms with Crippen molar-refractivity contribution >= 4 is 5.97 Å². The fraction of sp³-hybridized carbons (Fsp3) is 0.450. The Morgan fingerprint density at radius 2 is 2.25 bits per heavy atom. The maximum atomic E-state index is 12.1. The highest BCUT2D eigenvalue weighted by atomic mass is 16.5. The number of ether oxygens (including phenoxy) is 1. The fourth-order valence-electron chi connectivity index (χ4n) is 3.48. The molecule has 126 valence electrons. The van der Waals surface area contributed by atoms with Crippen LogP contribution in [0.2, 0.25) is 0 Å². The van der Waals surface area contributed by atoms with Gasteiger partial charge in [-0.05, 0) is 62.8 Å². The minimum absolute atomic E-state index is 0.265. The topological polar surface area (TPSA) is 52.1 Å². The van der Waals surface area contributed by atoms with Crippen molar-refractivity contribution in [1.82, 2.24) is 9.97 Å². The lowest BCUT2D eigenvalue weighted by atomic mass is 9.91. The summed E-state index contributed by atoms with van der Waals surface area (Å²) >= 11 is 0. The molecule has 0 amide bonds. The highest BCUT2D eigenvalue weighted by molar-refractivity contribution is 5.90. The van der Waals surface area contributed by atoms with Crippen LogP contribution < -0.4 is 0 Å². The SMILES string of the molecule is CCOC(=O)c1cc2c(nc1C)C(Cc1cccnc1)CCCC2. The number of pyridine rings is 2. The van der Waals surface area contributed by atoms with Crippen LogP contribution in [0.3, 0.4) is 0 Å². The van der Waals surface area contributed by atoms with Gasteiger partial charge in [0.25, 0.3) is 0 Å². The summed E-state index contributed by atoms with van der Waals surface area (Å²) < 4.78 is 5.17. The molecule has 0 bridgehead atoms. The molecule has 1 unspecified atom stereocenters. The van der Waals surface area contributed by atoms with E-state index >= 15 is 0 Å². The molecule has 24 heavy (non-hydrogen) atoms. The molecular formula is C20H24N2O2. The molecule has 1 aliphatic carbocycles. The number of hydrogen-bond donors (Lipinski definition) is 0. The van der Waals surface area contributed by atoms with E-state index in [0.717, 1.165) is 37.1 Å². The van der Waals surface area contributed by atoms with Crippen LogP contribution >= 0.6 is 0 Å². The van der Waals surface area contributed by atoms with Crippen molar-refractivity contribution in [3.63, 3.8) is 0 Å². The summed E-state index contributed by atoms with van der Waals surface area (Å²) in [6, 6.07) is 6.12. The van der Waals surface area contributed by atoms with Crippen molar-refractivity contribution in [3.05, 3.63) is 58.7 Å². The molecule has 3 rings (SSSR count). The van der Waals surface area contributed by atoms with Gasteiger partial charge in [0.1, 0.15) is 0 Å². The third-order valence-corrected chi connectivity index (χ3v) is 4.66. The van der Waals surface area contributed by atoms with E-state index in [-0.39, 0.29) is 5.97 Å². The molecule has 0 fully saturated rings. The zero-order valence-electron chi connectivity index (χ0n) is 14.4. The lowest BCUT2D eigenvalue weighted by Crippen LogP contribution is -2.13. The monoisotopic (exact) mass is 324 g/mol. The molecule has 0 radical (unpaired) electrons. The zero-order valence-corrected chi connectivity index (χ0v) is 14.4. The predicted octanol–water partition coefficient (Wildman–Crippen LogP) is 4.01. The van der Waals surface area contributed by atoms with Crippen LogP contribution in [-0.2, 0) is 17.6 Å². The Morgan fingerprint density at radius 3 is 3.00 bits per heavy atom. The van der Waals surface area contributed by atoms with Gasteiger partial charge < -0.3 is 4.74 Å². The Morgan fingerprint density at radius 1 is 1.38 bits per heavy atom. The quantitative estimate of drug-likeness (QED) is 0.630. The number of esters is 1. The highest BCUT2D eigenvalue weighted by Crippen LogP contribution is 2.33. The van der Waals surface area contributed by atoms with Crippen LogP contribution in [0.1, 0.15) is 65.0 Å². The third-order valence-electron chi connectivity index (χ3n) is 4.66. The van der Waals surface area contributed by atoms with Gasteiger partial charge in [-0.15, -0.1) is 0 Å². The normalized spacial score (nSPS) is 17.0. The smallest absolute Gasteiger partial charge is 0.339 e. The largest absolute Gasteiger partial charge is 0.462 e. The van der Waals surface area contributed by atoms with Crippen molar-refractivity contribution in [1.29, 1.82) is 0 Å². The number of fused-ring (bicyclic) bond motifs is 1. The van der Waals surface area contributed by atoms with Crippen LogP contribution in [0.5, 0.6) is 0 Å². The first-order chi connectivity index (χ1) is 11.7. The molecule has 4 nitrogen and oxygen atoms in total. The summed E-state index contributed by atoms with van der Waals surface area (Å²) in [5.41, 5.74) is 4.98. The van der Waals surface area contributed by atoms with Crippen LogP contribution in [0.4, 0.5) is 0 Å². The summed E-state index contributed by atoms with van der Waals surface area (Å²) in [5.74, 6) is 0.125. The summed E-state index contributed by atoms with van der Waals surface area (Å²) in [7, 11) is 0. The van der Waals surface area contributed by atoms with E-state index in [4.69, 9.17) is 9.72 Å². The van der Waals surface area contributed by atoms with E-state index in [2.05, 4.69) is 11.1 Å². The Bertz CT molecular complexity index is 713. The predicted molar refractivity (Wildman–Crippen MR) is 93.2 cm³/mol. The molecule has 0 saturated heterocycles. The molecule has 0 aromatic carbocycles. The van der Waals surface area contributed by atoms with Gasteiger partial charge in [0.05, 0.1) is 17.9 Å². The van der Waals surface area contributed by atoms with Crippen molar-refractivity contribution in [2.75, 3.05) is 6.61 Å². The van der Waals surface area contributed by atoms with Gasteiger partial charge in [-0.1, -0.05) is 12.5 Å². The van der Waals surface area contributed by atoms with E-state index < -0.39 is 0 Å². The van der Waals surface area contributed by atoms with Crippen LogP contribution in [0.25, 0.3) is 0 Å². The van der Waals surface area contributed by atoms with E-state index in [1.165, 1.54) is 17.5 Å². The van der Waals surface area contributed by atoms with Crippen LogP contribution in [-0.4, -0.2) is 22.5 Å². The van der Waals surface area contributed by atoms with Gasteiger partial charge in [-0.2, -0.15) is 0 Å². The van der Waals surface area contributed by atoms with Gasteiger partial charge in [-0.25, -0.2) is 4.79 Å². The molecule has 0 aliphatic heterocycles. The van der Waals surface area contributed by atoms with E-state index in [1.54, 1.807) is 6.20 Å². The first-order valence-corrected chi connectivity index (χ1v) is 8.75. The molecule has 2 aromatic heterocycles.